The summed E-state index contributed by atoms with van der Waals surface area (Å²) in [5, 5.41) is 24.1. The van der Waals surface area contributed by atoms with Gasteiger partial charge in [-0.25, -0.2) is 0 Å². The van der Waals surface area contributed by atoms with Crippen LogP contribution in [0.25, 0.3) is 5.00 Å². The second-order valence-corrected chi connectivity index (χ2v) is 7.68. The second kappa shape index (κ2) is 6.94. The van der Waals surface area contributed by atoms with E-state index in [9.17, 15) is 4.79 Å². The van der Waals surface area contributed by atoms with Crippen LogP contribution in [0.1, 0.15) is 38.6 Å². The number of rotatable bonds is 5. The lowest BCUT2D eigenvalue weighted by atomic mass is 9.95. The highest BCUT2D eigenvalue weighted by Gasteiger charge is 2.27. The highest BCUT2D eigenvalue weighted by molar-refractivity contribution is 7.16. The Morgan fingerprint density at radius 1 is 1.32 bits per heavy atom. The van der Waals surface area contributed by atoms with Gasteiger partial charge in [0, 0.05) is 12.0 Å². The van der Waals surface area contributed by atoms with Gasteiger partial charge in [-0.2, -0.15) is 4.68 Å². The Balaban J connectivity index is 1.68. The molecule has 25 heavy (non-hydrogen) atoms. The lowest BCUT2D eigenvalue weighted by Crippen LogP contribution is -2.16. The van der Waals surface area contributed by atoms with Crippen molar-refractivity contribution in [2.75, 3.05) is 12.4 Å². The van der Waals surface area contributed by atoms with Crippen molar-refractivity contribution >= 4 is 33.7 Å². The maximum absolute atomic E-state index is 13.0. The smallest absolute Gasteiger partial charge is 0.260 e. The summed E-state index contributed by atoms with van der Waals surface area (Å²) in [5.41, 5.74) is 1.73. The van der Waals surface area contributed by atoms with Gasteiger partial charge in [0.1, 0.15) is 22.9 Å². The number of aromatic nitrogens is 6. The Morgan fingerprint density at radius 2 is 2.20 bits per heavy atom. The number of amides is 1. The number of tetrazole rings is 1. The molecule has 1 aliphatic rings. The molecular formula is C14H15N7O2S2. The van der Waals surface area contributed by atoms with Crippen molar-refractivity contribution in [2.24, 2.45) is 0 Å². The Bertz CT molecular complexity index is 887. The lowest BCUT2D eigenvalue weighted by molar-refractivity contribution is 0.102. The molecule has 11 heteroatoms. The third kappa shape index (κ3) is 3.17. The Kier molecular flexibility index (Phi) is 4.51. The normalized spacial score (nSPS) is 13.6. The summed E-state index contributed by atoms with van der Waals surface area (Å²) in [6, 6.07) is 0. The van der Waals surface area contributed by atoms with Gasteiger partial charge in [-0.15, -0.1) is 26.6 Å². The SMILES string of the molecule is COCc1nnc(NC(=O)c2c(-n3cnnn3)sc3c2CCCC3)s1. The minimum atomic E-state index is -0.204. The number of anilines is 1. The molecule has 1 amide bonds. The molecule has 1 aliphatic carbocycles. The number of hydrogen-bond acceptors (Lipinski definition) is 9. The third-order valence-electron chi connectivity index (χ3n) is 3.89. The molecule has 4 rings (SSSR count). The summed E-state index contributed by atoms with van der Waals surface area (Å²) in [7, 11) is 1.59. The van der Waals surface area contributed by atoms with Crippen molar-refractivity contribution in [2.45, 2.75) is 32.3 Å². The molecular weight excluding hydrogens is 362 g/mol. The molecule has 0 radical (unpaired) electrons. The average Bonchev–Trinajstić information content (AvgIpc) is 3.34. The fourth-order valence-corrected chi connectivity index (χ4v) is 4.86. The molecule has 0 saturated carbocycles. The zero-order valence-corrected chi connectivity index (χ0v) is 15.1. The highest BCUT2D eigenvalue weighted by atomic mass is 32.1. The van der Waals surface area contributed by atoms with E-state index in [1.165, 1.54) is 22.5 Å². The van der Waals surface area contributed by atoms with Crippen LogP contribution in [0.3, 0.4) is 0 Å². The Hall–Kier alpha value is -2.24. The summed E-state index contributed by atoms with van der Waals surface area (Å²) in [6.45, 7) is 0.372. The van der Waals surface area contributed by atoms with Gasteiger partial charge >= 0.3 is 0 Å². The van der Waals surface area contributed by atoms with Crippen LogP contribution in [-0.4, -0.2) is 43.4 Å². The van der Waals surface area contributed by atoms with Crippen LogP contribution in [0.2, 0.25) is 0 Å². The standard InChI is InChI=1S/C14H15N7O2S2/c1-23-6-10-17-18-14(25-10)16-12(22)11-8-4-2-3-5-9(8)24-13(11)21-7-15-19-20-21/h7H,2-6H2,1H3,(H,16,18,22). The second-order valence-electron chi connectivity index (χ2n) is 5.53. The quantitative estimate of drug-likeness (QED) is 0.723. The van der Waals surface area contributed by atoms with Gasteiger partial charge in [0.05, 0.1) is 5.56 Å². The first-order valence-electron chi connectivity index (χ1n) is 7.77. The van der Waals surface area contributed by atoms with Gasteiger partial charge in [-0.3, -0.25) is 10.1 Å². The summed E-state index contributed by atoms with van der Waals surface area (Å²) < 4.78 is 6.58. The van der Waals surface area contributed by atoms with Gasteiger partial charge in [0.15, 0.2) is 0 Å². The zero-order chi connectivity index (χ0) is 17.2. The van der Waals surface area contributed by atoms with Crippen LogP contribution in [-0.2, 0) is 24.2 Å². The van der Waals surface area contributed by atoms with Crippen LogP contribution >= 0.6 is 22.7 Å². The largest absolute Gasteiger partial charge is 0.377 e. The minimum Gasteiger partial charge on any atom is -0.377 e. The molecule has 0 aromatic carbocycles. The number of carbonyl (C=O) groups is 1. The number of hydrogen-bond donors (Lipinski definition) is 1. The van der Waals surface area contributed by atoms with Crippen molar-refractivity contribution < 1.29 is 9.53 Å². The van der Waals surface area contributed by atoms with Gasteiger partial charge in [-0.1, -0.05) is 11.3 Å². The van der Waals surface area contributed by atoms with Crippen LogP contribution in [0.4, 0.5) is 5.13 Å². The van der Waals surface area contributed by atoms with Crippen molar-refractivity contribution in [1.82, 2.24) is 30.4 Å². The molecule has 0 unspecified atom stereocenters. The van der Waals surface area contributed by atoms with Crippen molar-refractivity contribution in [3.63, 3.8) is 0 Å². The molecule has 0 bridgehead atoms. The monoisotopic (exact) mass is 377 g/mol. The maximum atomic E-state index is 13.0. The van der Waals surface area contributed by atoms with E-state index in [4.69, 9.17) is 4.74 Å². The number of ether oxygens (including phenoxy) is 1. The maximum Gasteiger partial charge on any atom is 0.260 e. The first-order chi connectivity index (χ1) is 12.3. The van der Waals surface area contributed by atoms with Crippen LogP contribution in [0.5, 0.6) is 0 Å². The van der Waals surface area contributed by atoms with Crippen molar-refractivity contribution in [3.05, 3.63) is 27.3 Å². The molecule has 0 saturated heterocycles. The van der Waals surface area contributed by atoms with Gasteiger partial charge in [-0.05, 0) is 41.7 Å². The first kappa shape index (κ1) is 16.2. The van der Waals surface area contributed by atoms with E-state index in [1.54, 1.807) is 23.1 Å². The number of methoxy groups -OCH3 is 1. The first-order valence-corrected chi connectivity index (χ1v) is 9.40. The van der Waals surface area contributed by atoms with Crippen LogP contribution in [0.15, 0.2) is 6.33 Å². The minimum absolute atomic E-state index is 0.204. The van der Waals surface area contributed by atoms with E-state index in [0.29, 0.717) is 22.3 Å². The van der Waals surface area contributed by atoms with E-state index >= 15 is 0 Å². The van der Waals surface area contributed by atoms with Gasteiger partial charge in [0.2, 0.25) is 5.13 Å². The number of nitrogens with zero attached hydrogens (tertiary/aromatic N) is 6. The van der Waals surface area contributed by atoms with Crippen molar-refractivity contribution in [1.29, 1.82) is 0 Å². The van der Waals surface area contributed by atoms with Crippen LogP contribution in [0, 0.1) is 0 Å². The molecule has 0 spiro atoms. The molecule has 3 aromatic rings. The molecule has 9 nitrogen and oxygen atoms in total. The van der Waals surface area contributed by atoms with Crippen molar-refractivity contribution in [3.8, 4) is 5.00 Å². The fourth-order valence-electron chi connectivity index (χ4n) is 2.85. The molecule has 3 aromatic heterocycles. The molecule has 0 aliphatic heterocycles. The highest BCUT2D eigenvalue weighted by Crippen LogP contribution is 2.36. The number of thiophene rings is 1. The molecule has 3 heterocycles. The summed E-state index contributed by atoms with van der Waals surface area (Å²) in [4.78, 5) is 14.2. The van der Waals surface area contributed by atoms with Crippen LogP contribution < -0.4 is 5.32 Å². The van der Waals surface area contributed by atoms with E-state index in [1.807, 2.05) is 0 Å². The molecule has 0 atom stereocenters. The topological polar surface area (TPSA) is 108 Å². The van der Waals surface area contributed by atoms with Gasteiger partial charge < -0.3 is 4.74 Å². The molecule has 130 valence electrons. The molecule has 0 fully saturated rings. The van der Waals surface area contributed by atoms with E-state index < -0.39 is 0 Å². The summed E-state index contributed by atoms with van der Waals surface area (Å²) in [6.07, 6.45) is 5.60. The lowest BCUT2D eigenvalue weighted by Gasteiger charge is -2.12. The average molecular weight is 377 g/mol. The summed E-state index contributed by atoms with van der Waals surface area (Å²) >= 11 is 2.88. The van der Waals surface area contributed by atoms with E-state index in [-0.39, 0.29) is 5.91 Å². The predicted octanol–water partition coefficient (Wildman–Crippen LogP) is 1.85. The van der Waals surface area contributed by atoms with E-state index in [2.05, 4.69) is 31.0 Å². The number of carbonyl (C=O) groups excluding carboxylic acids is 1. The van der Waals surface area contributed by atoms with E-state index in [0.717, 1.165) is 36.2 Å². The molecule has 1 N–H and O–H groups in total. The zero-order valence-electron chi connectivity index (χ0n) is 13.4. The van der Waals surface area contributed by atoms with Gasteiger partial charge in [0.25, 0.3) is 5.91 Å². The number of aryl methyl sites for hydroxylation is 1. The predicted molar refractivity (Wildman–Crippen MR) is 92.2 cm³/mol. The fraction of sp³-hybridized carbons (Fsp3) is 0.429. The Morgan fingerprint density at radius 3 is 3.00 bits per heavy atom. The number of fused-ring (bicyclic) bond motifs is 1. The summed E-state index contributed by atoms with van der Waals surface area (Å²) in [5.74, 6) is -0.204. The number of nitrogens with one attached hydrogen (secondary N) is 1. The third-order valence-corrected chi connectivity index (χ3v) is 5.99. The Labute approximate surface area is 151 Å².